The highest BCUT2D eigenvalue weighted by Gasteiger charge is 2.37. The van der Waals surface area contributed by atoms with E-state index in [-0.39, 0.29) is 24.9 Å². The van der Waals surface area contributed by atoms with E-state index in [0.29, 0.717) is 6.42 Å². The van der Waals surface area contributed by atoms with Crippen LogP contribution in [0.4, 0.5) is 20.5 Å². The van der Waals surface area contributed by atoms with Crippen molar-refractivity contribution in [1.29, 1.82) is 0 Å². The third-order valence-corrected chi connectivity index (χ3v) is 5.24. The molecular formula is C8H17F5Si2. The smallest absolute Gasteiger partial charge is 0.270 e. The summed E-state index contributed by atoms with van der Waals surface area (Å²) in [7, 11) is -9.68. The summed E-state index contributed by atoms with van der Waals surface area (Å²) < 4.78 is 61.7. The Morgan fingerprint density at radius 3 is 1.67 bits per heavy atom. The molecule has 0 spiro atoms. The number of hydrogen-bond acceptors (Lipinski definition) is 0. The van der Waals surface area contributed by atoms with Gasteiger partial charge < -0.3 is 0 Å². The summed E-state index contributed by atoms with van der Waals surface area (Å²) >= 11 is 0. The van der Waals surface area contributed by atoms with Crippen LogP contribution in [0.1, 0.15) is 32.6 Å². The van der Waals surface area contributed by atoms with Gasteiger partial charge in [0, 0.05) is 6.04 Å². The van der Waals surface area contributed by atoms with E-state index in [1.807, 2.05) is 6.92 Å². The van der Waals surface area contributed by atoms with E-state index in [0.717, 1.165) is 6.42 Å². The molecule has 0 rings (SSSR count). The quantitative estimate of drug-likeness (QED) is 0.256. The maximum atomic E-state index is 13.1. The second-order valence-electron chi connectivity index (χ2n) is 3.78. The van der Waals surface area contributed by atoms with Crippen molar-refractivity contribution in [3.63, 3.8) is 0 Å². The summed E-state index contributed by atoms with van der Waals surface area (Å²) in [6, 6.07) is -1.13. The fourth-order valence-corrected chi connectivity index (χ4v) is 3.81. The highest BCUT2D eigenvalue weighted by molar-refractivity contribution is 6.66. The van der Waals surface area contributed by atoms with Crippen molar-refractivity contribution in [2.75, 3.05) is 0 Å². The van der Waals surface area contributed by atoms with Crippen LogP contribution in [0.5, 0.6) is 0 Å². The van der Waals surface area contributed by atoms with Crippen LogP contribution in [-0.4, -0.2) is 17.8 Å². The van der Waals surface area contributed by atoms with Gasteiger partial charge in [0.1, 0.15) is 0 Å². The van der Waals surface area contributed by atoms with Gasteiger partial charge in [-0.15, -0.1) is 0 Å². The van der Waals surface area contributed by atoms with Crippen LogP contribution in [0.25, 0.3) is 0 Å². The lowest BCUT2D eigenvalue weighted by atomic mass is 10.4. The molecule has 0 aliphatic heterocycles. The van der Waals surface area contributed by atoms with Crippen molar-refractivity contribution in [3.8, 4) is 0 Å². The van der Waals surface area contributed by atoms with Gasteiger partial charge in [-0.2, -0.15) is 0 Å². The molecule has 0 aliphatic rings. The van der Waals surface area contributed by atoms with Crippen molar-refractivity contribution < 1.29 is 20.5 Å². The van der Waals surface area contributed by atoms with Crippen molar-refractivity contribution in [1.82, 2.24) is 0 Å². The molecule has 0 aliphatic carbocycles. The molecule has 92 valence electrons. The van der Waals surface area contributed by atoms with Crippen molar-refractivity contribution >= 4 is 17.8 Å². The zero-order valence-electron chi connectivity index (χ0n) is 8.84. The van der Waals surface area contributed by atoms with E-state index < -0.39 is 23.9 Å². The van der Waals surface area contributed by atoms with Gasteiger partial charge in [0.15, 0.2) is 0 Å². The lowest BCUT2D eigenvalue weighted by Gasteiger charge is -2.11. The molecule has 0 saturated carbocycles. The van der Waals surface area contributed by atoms with Crippen LogP contribution in [-0.2, 0) is 0 Å². The number of unbranched alkanes of at least 4 members (excludes halogenated alkanes) is 2. The molecule has 0 nitrogen and oxygen atoms in total. The summed E-state index contributed by atoms with van der Waals surface area (Å²) in [5.74, 6) is 0. The summed E-state index contributed by atoms with van der Waals surface area (Å²) in [6.45, 7) is 1.83. The second kappa shape index (κ2) is 6.62. The highest BCUT2D eigenvalue weighted by atomic mass is 28.5. The SMILES string of the molecule is CCCC[Si](F)(F)CCCC[Si](F)(F)F. The Kier molecular flexibility index (Phi) is 6.66. The van der Waals surface area contributed by atoms with Crippen LogP contribution in [0.3, 0.4) is 0 Å². The molecule has 0 aromatic rings. The molecule has 0 N–H and O–H groups in total. The largest absolute Gasteiger partial charge is 0.616 e. The molecule has 0 saturated heterocycles. The lowest BCUT2D eigenvalue weighted by Crippen LogP contribution is -2.22. The van der Waals surface area contributed by atoms with E-state index in [1.54, 1.807) is 0 Å². The van der Waals surface area contributed by atoms with E-state index in [9.17, 15) is 20.5 Å². The number of rotatable bonds is 8. The van der Waals surface area contributed by atoms with Crippen LogP contribution < -0.4 is 0 Å². The first-order valence-electron chi connectivity index (χ1n) is 5.21. The normalized spacial score (nSPS) is 13.2. The Morgan fingerprint density at radius 1 is 0.733 bits per heavy atom. The van der Waals surface area contributed by atoms with Crippen LogP contribution in [0, 0.1) is 0 Å². The van der Waals surface area contributed by atoms with Gasteiger partial charge >= 0.3 is 17.8 Å². The predicted molar refractivity (Wildman–Crippen MR) is 55.6 cm³/mol. The van der Waals surface area contributed by atoms with Gasteiger partial charge in [0.25, 0.3) is 0 Å². The van der Waals surface area contributed by atoms with E-state index >= 15 is 0 Å². The minimum atomic E-state index is -5.51. The first kappa shape index (κ1) is 15.1. The second-order valence-corrected chi connectivity index (χ2v) is 8.22. The first-order chi connectivity index (χ1) is 6.77. The summed E-state index contributed by atoms with van der Waals surface area (Å²) in [5.41, 5.74) is 0. The molecule has 0 aromatic heterocycles. The first-order valence-corrected chi connectivity index (χ1v) is 9.22. The van der Waals surface area contributed by atoms with Gasteiger partial charge in [-0.05, 0) is 18.5 Å². The molecule has 0 bridgehead atoms. The molecule has 0 heterocycles. The zero-order valence-corrected chi connectivity index (χ0v) is 10.8. The van der Waals surface area contributed by atoms with E-state index in [1.165, 1.54) is 0 Å². The number of hydrogen-bond donors (Lipinski definition) is 0. The topological polar surface area (TPSA) is 0 Å². The molecule has 0 radical (unpaired) electrons. The molecular weight excluding hydrogens is 247 g/mol. The molecule has 0 unspecified atom stereocenters. The van der Waals surface area contributed by atoms with Gasteiger partial charge in [0.2, 0.25) is 0 Å². The average Bonchev–Trinajstić information content (AvgIpc) is 2.08. The Morgan fingerprint density at radius 2 is 1.20 bits per heavy atom. The maximum Gasteiger partial charge on any atom is 0.616 e. The number of halogens is 5. The Balaban J connectivity index is 3.57. The highest BCUT2D eigenvalue weighted by Crippen LogP contribution is 2.26. The van der Waals surface area contributed by atoms with Crippen molar-refractivity contribution in [2.24, 2.45) is 0 Å². The standard InChI is InChI=1S/C8H17F5Si2/c1-2-3-6-14(9,10)7-4-5-8-15(11,12)13/h2-8H2,1H3. The van der Waals surface area contributed by atoms with Crippen LogP contribution in [0.2, 0.25) is 18.1 Å². The Labute approximate surface area is 89.8 Å². The van der Waals surface area contributed by atoms with Gasteiger partial charge in [0.05, 0.1) is 0 Å². The zero-order chi connectivity index (χ0) is 11.9. The molecule has 0 aromatic carbocycles. The van der Waals surface area contributed by atoms with Crippen LogP contribution >= 0.6 is 0 Å². The summed E-state index contributed by atoms with van der Waals surface area (Å²) in [5, 5.41) is 0. The monoisotopic (exact) mass is 264 g/mol. The predicted octanol–water partition coefficient (Wildman–Crippen LogP) is 4.80. The fraction of sp³-hybridized carbons (Fsp3) is 1.00. The van der Waals surface area contributed by atoms with Crippen molar-refractivity contribution in [3.05, 3.63) is 0 Å². The third kappa shape index (κ3) is 10.4. The minimum absolute atomic E-state index is 0.0371. The Hall–Kier alpha value is 0.0838. The molecule has 7 heteroatoms. The van der Waals surface area contributed by atoms with E-state index in [4.69, 9.17) is 0 Å². The summed E-state index contributed by atoms with van der Waals surface area (Å²) in [6.07, 6.45) is 1.14. The molecule has 0 amide bonds. The van der Waals surface area contributed by atoms with Crippen molar-refractivity contribution in [2.45, 2.75) is 50.7 Å². The lowest BCUT2D eigenvalue weighted by molar-refractivity contribution is 0.461. The van der Waals surface area contributed by atoms with Crippen LogP contribution in [0.15, 0.2) is 0 Å². The maximum absolute atomic E-state index is 13.1. The molecule has 0 fully saturated rings. The Bertz CT molecular complexity index is 169. The van der Waals surface area contributed by atoms with Gasteiger partial charge in [-0.25, -0.2) is 12.3 Å². The fourth-order valence-electron chi connectivity index (χ4n) is 1.27. The van der Waals surface area contributed by atoms with Gasteiger partial charge in [-0.1, -0.05) is 26.2 Å². The summed E-state index contributed by atoms with van der Waals surface area (Å²) in [4.78, 5) is 0. The van der Waals surface area contributed by atoms with Gasteiger partial charge in [-0.3, -0.25) is 8.22 Å². The van der Waals surface area contributed by atoms with E-state index in [2.05, 4.69) is 0 Å². The average molecular weight is 264 g/mol. The minimum Gasteiger partial charge on any atom is -0.270 e. The molecule has 0 atom stereocenters. The third-order valence-electron chi connectivity index (χ3n) is 2.15. The molecule has 15 heavy (non-hydrogen) atoms.